The fraction of sp³-hybridized carbons (Fsp3) is 0.238. The van der Waals surface area contributed by atoms with Crippen LogP contribution in [0.4, 0.5) is 5.82 Å². The van der Waals surface area contributed by atoms with Crippen LogP contribution in [0.15, 0.2) is 48.5 Å². The van der Waals surface area contributed by atoms with Crippen molar-refractivity contribution >= 4 is 11.7 Å². The van der Waals surface area contributed by atoms with Crippen LogP contribution in [-0.2, 0) is 11.4 Å². The third-order valence-electron chi connectivity index (χ3n) is 4.80. The molecule has 0 aliphatic carbocycles. The third-order valence-corrected chi connectivity index (χ3v) is 4.80. The average molecular weight is 347 g/mol. The fourth-order valence-corrected chi connectivity index (χ4v) is 3.44. The lowest BCUT2D eigenvalue weighted by Crippen LogP contribution is -2.23. The van der Waals surface area contributed by atoms with Gasteiger partial charge in [0.2, 0.25) is 5.91 Å². The number of hydrogen-bond acceptors (Lipinski definition) is 3. The van der Waals surface area contributed by atoms with Crippen LogP contribution in [0, 0.1) is 13.8 Å². The Morgan fingerprint density at radius 2 is 1.88 bits per heavy atom. The molecule has 1 amide bonds. The van der Waals surface area contributed by atoms with Crippen LogP contribution in [0.1, 0.15) is 40.3 Å². The molecule has 0 bridgehead atoms. The first-order chi connectivity index (χ1) is 12.6. The number of nitrogens with one attached hydrogen (secondary N) is 2. The van der Waals surface area contributed by atoms with E-state index in [9.17, 15) is 4.79 Å². The van der Waals surface area contributed by atoms with Crippen LogP contribution in [0.5, 0.6) is 5.75 Å². The molecule has 0 saturated heterocycles. The Labute approximate surface area is 152 Å². The summed E-state index contributed by atoms with van der Waals surface area (Å²) in [5, 5.41) is 10.0. The summed E-state index contributed by atoms with van der Waals surface area (Å²) in [5.41, 5.74) is 5.37. The van der Waals surface area contributed by atoms with Gasteiger partial charge in [-0.05, 0) is 25.5 Å². The molecule has 0 radical (unpaired) electrons. The van der Waals surface area contributed by atoms with Gasteiger partial charge in [-0.2, -0.15) is 5.10 Å². The number of aryl methyl sites for hydroxylation is 2. The summed E-state index contributed by atoms with van der Waals surface area (Å²) in [6.45, 7) is 4.54. The Bertz CT molecular complexity index is 944. The highest BCUT2D eigenvalue weighted by molar-refractivity contribution is 5.94. The lowest BCUT2D eigenvalue weighted by atomic mass is 9.85. The summed E-state index contributed by atoms with van der Waals surface area (Å²) in [7, 11) is 0. The van der Waals surface area contributed by atoms with Gasteiger partial charge in [-0.15, -0.1) is 0 Å². The lowest BCUT2D eigenvalue weighted by Gasteiger charge is -2.25. The molecule has 0 fully saturated rings. The van der Waals surface area contributed by atoms with Crippen molar-refractivity contribution in [2.24, 2.45) is 0 Å². The van der Waals surface area contributed by atoms with Crippen molar-refractivity contribution in [3.63, 3.8) is 0 Å². The molecule has 132 valence electrons. The zero-order chi connectivity index (χ0) is 18.1. The number of fused-ring (bicyclic) bond motifs is 1. The number of aromatic amines is 1. The van der Waals surface area contributed by atoms with Crippen LogP contribution >= 0.6 is 0 Å². The van der Waals surface area contributed by atoms with Crippen molar-refractivity contribution in [1.82, 2.24) is 10.2 Å². The van der Waals surface area contributed by atoms with E-state index in [-0.39, 0.29) is 11.8 Å². The molecule has 2 aromatic carbocycles. The number of aromatic nitrogens is 2. The molecule has 2 N–H and O–H groups in total. The number of anilines is 1. The van der Waals surface area contributed by atoms with E-state index in [4.69, 9.17) is 4.74 Å². The maximum atomic E-state index is 12.1. The van der Waals surface area contributed by atoms with E-state index >= 15 is 0 Å². The summed E-state index contributed by atoms with van der Waals surface area (Å²) in [4.78, 5) is 12.1. The average Bonchev–Trinajstić information content (AvgIpc) is 3.01. The molecule has 0 saturated carbocycles. The Morgan fingerprint density at radius 1 is 1.12 bits per heavy atom. The van der Waals surface area contributed by atoms with E-state index in [2.05, 4.69) is 46.7 Å². The number of benzene rings is 2. The first-order valence-electron chi connectivity index (χ1n) is 8.74. The zero-order valence-electron chi connectivity index (χ0n) is 14.9. The van der Waals surface area contributed by atoms with E-state index in [1.807, 2.05) is 31.2 Å². The number of H-pyrrole nitrogens is 1. The molecule has 3 aromatic rings. The normalized spacial score (nSPS) is 16.1. The number of carbonyl (C=O) groups excluding carboxylic acids is 1. The predicted molar refractivity (Wildman–Crippen MR) is 100 cm³/mol. The molecule has 5 heteroatoms. The van der Waals surface area contributed by atoms with Gasteiger partial charge in [0.1, 0.15) is 12.4 Å². The second kappa shape index (κ2) is 6.67. The molecule has 1 atom stereocenters. The van der Waals surface area contributed by atoms with Crippen molar-refractivity contribution in [2.75, 3.05) is 5.32 Å². The highest BCUT2D eigenvalue weighted by atomic mass is 16.5. The molecule has 1 aliphatic heterocycles. The lowest BCUT2D eigenvalue weighted by molar-refractivity contribution is -0.116. The smallest absolute Gasteiger partial charge is 0.226 e. The van der Waals surface area contributed by atoms with Crippen LogP contribution in [-0.4, -0.2) is 16.1 Å². The minimum Gasteiger partial charge on any atom is -0.489 e. The molecule has 1 aliphatic rings. The minimum absolute atomic E-state index is 0.0256. The summed E-state index contributed by atoms with van der Waals surface area (Å²) in [6.07, 6.45) is 0.387. The van der Waals surface area contributed by atoms with Crippen molar-refractivity contribution in [1.29, 1.82) is 0 Å². The van der Waals surface area contributed by atoms with Gasteiger partial charge < -0.3 is 10.1 Å². The van der Waals surface area contributed by atoms with Gasteiger partial charge in [-0.25, -0.2) is 0 Å². The molecular formula is C21H21N3O2. The molecule has 0 spiro atoms. The number of rotatable bonds is 4. The first kappa shape index (κ1) is 16.4. The van der Waals surface area contributed by atoms with Gasteiger partial charge in [-0.1, -0.05) is 48.0 Å². The number of ether oxygens (including phenoxy) is 1. The van der Waals surface area contributed by atoms with Crippen molar-refractivity contribution in [3.8, 4) is 5.75 Å². The Morgan fingerprint density at radius 3 is 2.69 bits per heavy atom. The molecular weight excluding hydrogens is 326 g/mol. The number of para-hydroxylation sites is 1. The highest BCUT2D eigenvalue weighted by Gasteiger charge is 2.32. The van der Waals surface area contributed by atoms with E-state index in [0.717, 1.165) is 28.1 Å². The van der Waals surface area contributed by atoms with Crippen LogP contribution in [0.3, 0.4) is 0 Å². The Hall–Kier alpha value is -3.08. The topological polar surface area (TPSA) is 67.0 Å². The zero-order valence-corrected chi connectivity index (χ0v) is 14.9. The summed E-state index contributed by atoms with van der Waals surface area (Å²) >= 11 is 0. The van der Waals surface area contributed by atoms with Gasteiger partial charge in [0.25, 0.3) is 0 Å². The maximum Gasteiger partial charge on any atom is 0.226 e. The fourth-order valence-electron chi connectivity index (χ4n) is 3.44. The van der Waals surface area contributed by atoms with Crippen LogP contribution in [0.25, 0.3) is 0 Å². The Kier molecular flexibility index (Phi) is 4.21. The van der Waals surface area contributed by atoms with Crippen LogP contribution in [0.2, 0.25) is 0 Å². The Balaban J connectivity index is 1.65. The van der Waals surface area contributed by atoms with Gasteiger partial charge in [-0.3, -0.25) is 9.89 Å². The van der Waals surface area contributed by atoms with E-state index in [0.29, 0.717) is 18.8 Å². The van der Waals surface area contributed by atoms with Crippen LogP contribution < -0.4 is 10.1 Å². The van der Waals surface area contributed by atoms with E-state index < -0.39 is 0 Å². The SMILES string of the molecule is Cc1ccc(COc2ccccc2C2CC(=O)Nc3n[nH]c(C)c32)cc1. The van der Waals surface area contributed by atoms with E-state index in [1.54, 1.807) is 0 Å². The first-order valence-corrected chi connectivity index (χ1v) is 8.74. The second-order valence-corrected chi connectivity index (χ2v) is 6.73. The van der Waals surface area contributed by atoms with Crippen molar-refractivity contribution < 1.29 is 9.53 Å². The van der Waals surface area contributed by atoms with Gasteiger partial charge in [0, 0.05) is 29.2 Å². The quantitative estimate of drug-likeness (QED) is 0.747. The number of nitrogens with zero attached hydrogens (tertiary/aromatic N) is 1. The number of amides is 1. The highest BCUT2D eigenvalue weighted by Crippen LogP contribution is 2.41. The molecule has 4 rings (SSSR count). The molecule has 5 nitrogen and oxygen atoms in total. The third kappa shape index (κ3) is 3.08. The van der Waals surface area contributed by atoms with Gasteiger partial charge in [0.15, 0.2) is 5.82 Å². The molecule has 26 heavy (non-hydrogen) atoms. The summed E-state index contributed by atoms with van der Waals surface area (Å²) < 4.78 is 6.12. The maximum absolute atomic E-state index is 12.1. The minimum atomic E-state index is -0.0632. The van der Waals surface area contributed by atoms with Crippen molar-refractivity contribution in [2.45, 2.75) is 32.8 Å². The molecule has 1 unspecified atom stereocenters. The molecule has 2 heterocycles. The standard InChI is InChI=1S/C21H21N3O2/c1-13-7-9-15(10-8-13)12-26-18-6-4-3-5-16(18)17-11-19(25)22-21-20(17)14(2)23-24-21/h3-10,17H,11-12H2,1-2H3,(H2,22,23,24,25). The predicted octanol–water partition coefficient (Wildman–Crippen LogP) is 4.08. The number of carbonyl (C=O) groups is 1. The largest absolute Gasteiger partial charge is 0.489 e. The summed E-state index contributed by atoms with van der Waals surface area (Å²) in [6, 6.07) is 16.2. The number of hydrogen-bond donors (Lipinski definition) is 2. The van der Waals surface area contributed by atoms with Crippen molar-refractivity contribution in [3.05, 3.63) is 76.5 Å². The van der Waals surface area contributed by atoms with E-state index in [1.165, 1.54) is 5.56 Å². The monoisotopic (exact) mass is 347 g/mol. The second-order valence-electron chi connectivity index (χ2n) is 6.73. The molecule has 1 aromatic heterocycles. The van der Waals surface area contributed by atoms with Gasteiger partial charge in [0.05, 0.1) is 0 Å². The van der Waals surface area contributed by atoms with Gasteiger partial charge >= 0.3 is 0 Å². The summed E-state index contributed by atoms with van der Waals surface area (Å²) in [5.74, 6) is 1.34.